The van der Waals surface area contributed by atoms with Crippen LogP contribution in [0.1, 0.15) is 20.1 Å². The molecule has 0 unspecified atom stereocenters. The van der Waals surface area contributed by atoms with Gasteiger partial charge in [-0.2, -0.15) is 8.78 Å². The topological polar surface area (TPSA) is 64.3 Å². The van der Waals surface area contributed by atoms with Gasteiger partial charge in [0.25, 0.3) is 5.91 Å². The highest BCUT2D eigenvalue weighted by Crippen LogP contribution is 2.30. The minimum Gasteiger partial charge on any atom is -0.433 e. The summed E-state index contributed by atoms with van der Waals surface area (Å²) in [5, 5.41) is 2.70. The van der Waals surface area contributed by atoms with Crippen molar-refractivity contribution in [2.24, 2.45) is 0 Å². The Kier molecular flexibility index (Phi) is 7.25. The van der Waals surface area contributed by atoms with Gasteiger partial charge in [-0.15, -0.1) is 23.7 Å². The first-order valence-corrected chi connectivity index (χ1v) is 7.45. The Balaban J connectivity index is 0.00000264. The van der Waals surface area contributed by atoms with Gasteiger partial charge in [0.05, 0.1) is 0 Å². The van der Waals surface area contributed by atoms with Crippen molar-refractivity contribution in [2.75, 3.05) is 12.3 Å². The average molecular weight is 363 g/mol. The molecule has 0 atom stereocenters. The van der Waals surface area contributed by atoms with E-state index in [1.54, 1.807) is 19.1 Å². The summed E-state index contributed by atoms with van der Waals surface area (Å²) in [6, 6.07) is 8.76. The maximum atomic E-state index is 12.3. The van der Waals surface area contributed by atoms with E-state index in [1.165, 1.54) is 6.07 Å². The van der Waals surface area contributed by atoms with Crippen LogP contribution >= 0.6 is 23.7 Å². The molecule has 0 aliphatic heterocycles. The summed E-state index contributed by atoms with van der Waals surface area (Å²) in [5.41, 5.74) is 7.30. The van der Waals surface area contributed by atoms with E-state index >= 15 is 0 Å². The molecule has 1 amide bonds. The van der Waals surface area contributed by atoms with Crippen molar-refractivity contribution in [1.82, 2.24) is 5.32 Å². The molecule has 0 aliphatic rings. The number of amides is 1. The van der Waals surface area contributed by atoms with E-state index in [-0.39, 0.29) is 23.0 Å². The fraction of sp³-hybridized carbons (Fsp3) is 0.267. The van der Waals surface area contributed by atoms with E-state index in [2.05, 4.69) is 10.1 Å². The molecule has 1 heterocycles. The van der Waals surface area contributed by atoms with E-state index in [0.717, 1.165) is 21.8 Å². The van der Waals surface area contributed by atoms with Crippen LogP contribution in [0.4, 0.5) is 14.5 Å². The number of rotatable bonds is 6. The highest BCUT2D eigenvalue weighted by atomic mass is 35.5. The molecule has 0 saturated heterocycles. The molecule has 0 saturated carbocycles. The van der Waals surface area contributed by atoms with Crippen molar-refractivity contribution in [1.29, 1.82) is 0 Å². The summed E-state index contributed by atoms with van der Waals surface area (Å²) in [4.78, 5) is 13.0. The lowest BCUT2D eigenvalue weighted by atomic mass is 10.1. The SMILES string of the molecule is Cc1cc(OC(F)F)c(C(=O)NCCc2ccc(N)cc2)s1.Cl. The van der Waals surface area contributed by atoms with Crippen molar-refractivity contribution in [3.8, 4) is 5.75 Å². The van der Waals surface area contributed by atoms with E-state index in [0.29, 0.717) is 18.7 Å². The first kappa shape index (κ1) is 19.2. The van der Waals surface area contributed by atoms with Crippen LogP contribution in [0.15, 0.2) is 30.3 Å². The molecule has 2 aromatic rings. The summed E-state index contributed by atoms with van der Waals surface area (Å²) in [6.07, 6.45) is 0.626. The average Bonchev–Trinajstić information content (AvgIpc) is 2.81. The number of benzene rings is 1. The van der Waals surface area contributed by atoms with Crippen LogP contribution < -0.4 is 15.8 Å². The third kappa shape index (κ3) is 5.69. The number of nitrogen functional groups attached to an aromatic ring is 1. The van der Waals surface area contributed by atoms with E-state index < -0.39 is 12.5 Å². The van der Waals surface area contributed by atoms with Crippen LogP contribution in [0.2, 0.25) is 0 Å². The van der Waals surface area contributed by atoms with Crippen LogP contribution in [-0.4, -0.2) is 19.1 Å². The summed E-state index contributed by atoms with van der Waals surface area (Å²) >= 11 is 1.13. The quantitative estimate of drug-likeness (QED) is 0.771. The number of nitrogens with two attached hydrogens (primary N) is 1. The minimum absolute atomic E-state index is 0. The molecule has 0 radical (unpaired) electrons. The zero-order chi connectivity index (χ0) is 16.1. The number of carbonyl (C=O) groups excluding carboxylic acids is 1. The molecule has 2 rings (SSSR count). The number of halogens is 3. The molecule has 3 N–H and O–H groups in total. The van der Waals surface area contributed by atoms with Gasteiger partial charge in [-0.25, -0.2) is 0 Å². The highest BCUT2D eigenvalue weighted by Gasteiger charge is 2.18. The summed E-state index contributed by atoms with van der Waals surface area (Å²) in [5.74, 6) is -0.494. The van der Waals surface area contributed by atoms with E-state index in [4.69, 9.17) is 5.73 Å². The van der Waals surface area contributed by atoms with E-state index in [1.807, 2.05) is 12.1 Å². The minimum atomic E-state index is -2.95. The second kappa shape index (κ2) is 8.69. The van der Waals surface area contributed by atoms with Crippen LogP contribution in [-0.2, 0) is 6.42 Å². The molecule has 23 heavy (non-hydrogen) atoms. The fourth-order valence-electron chi connectivity index (χ4n) is 1.92. The van der Waals surface area contributed by atoms with Gasteiger partial charge in [-0.1, -0.05) is 12.1 Å². The maximum Gasteiger partial charge on any atom is 0.387 e. The zero-order valence-corrected chi connectivity index (χ0v) is 14.0. The van der Waals surface area contributed by atoms with Gasteiger partial charge in [0.1, 0.15) is 10.6 Å². The van der Waals surface area contributed by atoms with Crippen molar-refractivity contribution < 1.29 is 18.3 Å². The Morgan fingerprint density at radius 1 is 1.35 bits per heavy atom. The normalized spacial score (nSPS) is 10.3. The van der Waals surface area contributed by atoms with Gasteiger partial charge in [0.15, 0.2) is 0 Å². The third-order valence-corrected chi connectivity index (χ3v) is 3.95. The van der Waals surface area contributed by atoms with Crippen molar-refractivity contribution in [3.05, 3.63) is 45.6 Å². The zero-order valence-electron chi connectivity index (χ0n) is 12.3. The number of nitrogens with one attached hydrogen (secondary N) is 1. The Morgan fingerprint density at radius 3 is 2.61 bits per heavy atom. The van der Waals surface area contributed by atoms with Crippen LogP contribution in [0.5, 0.6) is 5.75 Å². The molecule has 1 aromatic carbocycles. The smallest absolute Gasteiger partial charge is 0.387 e. The first-order valence-electron chi connectivity index (χ1n) is 6.63. The predicted molar refractivity (Wildman–Crippen MR) is 89.8 cm³/mol. The molecular formula is C15H17ClF2N2O2S. The number of aryl methyl sites for hydroxylation is 1. The third-order valence-electron chi connectivity index (χ3n) is 2.92. The van der Waals surface area contributed by atoms with Crippen LogP contribution in [0.3, 0.4) is 0 Å². The molecule has 1 aromatic heterocycles. The molecule has 0 bridgehead atoms. The first-order chi connectivity index (χ1) is 10.5. The monoisotopic (exact) mass is 362 g/mol. The van der Waals surface area contributed by atoms with Crippen LogP contribution in [0, 0.1) is 6.92 Å². The second-order valence-corrected chi connectivity index (χ2v) is 5.93. The second-order valence-electron chi connectivity index (χ2n) is 4.68. The summed E-state index contributed by atoms with van der Waals surface area (Å²) in [7, 11) is 0. The largest absolute Gasteiger partial charge is 0.433 e. The molecule has 0 spiro atoms. The number of hydrogen-bond donors (Lipinski definition) is 2. The number of anilines is 1. The van der Waals surface area contributed by atoms with Gasteiger partial charge in [0, 0.05) is 17.1 Å². The lowest BCUT2D eigenvalue weighted by molar-refractivity contribution is -0.0498. The summed E-state index contributed by atoms with van der Waals surface area (Å²) < 4.78 is 29.0. The lowest BCUT2D eigenvalue weighted by Gasteiger charge is -2.07. The molecule has 8 heteroatoms. The van der Waals surface area contributed by atoms with Gasteiger partial charge in [-0.3, -0.25) is 4.79 Å². The number of alkyl halides is 2. The Labute approximate surface area is 143 Å². The molecular weight excluding hydrogens is 346 g/mol. The fourth-order valence-corrected chi connectivity index (χ4v) is 2.78. The van der Waals surface area contributed by atoms with Crippen molar-refractivity contribution in [3.63, 3.8) is 0 Å². The lowest BCUT2D eigenvalue weighted by Crippen LogP contribution is -2.25. The van der Waals surface area contributed by atoms with Gasteiger partial charge in [-0.05, 0) is 37.1 Å². The molecule has 4 nitrogen and oxygen atoms in total. The number of hydrogen-bond acceptors (Lipinski definition) is 4. The number of thiophene rings is 1. The molecule has 126 valence electrons. The Hall–Kier alpha value is -1.86. The number of ether oxygens (including phenoxy) is 1. The molecule has 0 fully saturated rings. The van der Waals surface area contributed by atoms with Crippen LogP contribution in [0.25, 0.3) is 0 Å². The predicted octanol–water partition coefficient (Wildman–Crippen LogP) is 3.63. The highest BCUT2D eigenvalue weighted by molar-refractivity contribution is 7.14. The standard InChI is InChI=1S/C15H16F2N2O2S.ClH/c1-9-8-12(21-15(16)17)13(22-9)14(20)19-7-6-10-2-4-11(18)5-3-10;/h2-5,8,15H,6-7,18H2,1H3,(H,19,20);1H. The van der Waals surface area contributed by atoms with Crippen molar-refractivity contribution >= 4 is 35.3 Å². The van der Waals surface area contributed by atoms with E-state index in [9.17, 15) is 13.6 Å². The number of carbonyl (C=O) groups is 1. The van der Waals surface area contributed by atoms with Gasteiger partial charge >= 0.3 is 6.61 Å². The van der Waals surface area contributed by atoms with Gasteiger partial charge < -0.3 is 15.8 Å². The maximum absolute atomic E-state index is 12.3. The van der Waals surface area contributed by atoms with Crippen molar-refractivity contribution in [2.45, 2.75) is 20.0 Å². The van der Waals surface area contributed by atoms with Gasteiger partial charge in [0.2, 0.25) is 0 Å². The Bertz CT molecular complexity index is 647. The summed E-state index contributed by atoms with van der Waals surface area (Å²) in [6.45, 7) is -0.822. The Morgan fingerprint density at radius 2 is 2.00 bits per heavy atom. The molecule has 0 aliphatic carbocycles.